The van der Waals surface area contributed by atoms with Gasteiger partial charge in [-0.05, 0) is 26.7 Å². The largest absolute Gasteiger partial charge is 0.378 e. The van der Waals surface area contributed by atoms with Crippen molar-refractivity contribution in [2.24, 2.45) is 0 Å². The molecule has 0 aromatic carbocycles. The van der Waals surface area contributed by atoms with Crippen molar-refractivity contribution < 1.29 is 23.3 Å². The van der Waals surface area contributed by atoms with E-state index >= 15 is 0 Å². The molecule has 27 heavy (non-hydrogen) atoms. The van der Waals surface area contributed by atoms with E-state index in [0.717, 1.165) is 24.1 Å². The zero-order valence-corrected chi connectivity index (χ0v) is 16.1. The van der Waals surface area contributed by atoms with Crippen molar-refractivity contribution in [3.8, 4) is 0 Å². The lowest BCUT2D eigenvalue weighted by atomic mass is 10.1. The van der Waals surface area contributed by atoms with Crippen molar-refractivity contribution in [3.05, 3.63) is 28.7 Å². The van der Waals surface area contributed by atoms with Gasteiger partial charge in [0.25, 0.3) is 5.89 Å². The first kappa shape index (κ1) is 19.5. The molecule has 9 heteroatoms. The second-order valence-corrected chi connectivity index (χ2v) is 6.72. The van der Waals surface area contributed by atoms with Crippen LogP contribution in [0.15, 0.2) is 9.05 Å². The molecule has 0 unspecified atom stereocenters. The maximum Gasteiger partial charge on any atom is 0.252 e. The normalized spacial score (nSPS) is 15.4. The smallest absolute Gasteiger partial charge is 0.252 e. The third-order valence-corrected chi connectivity index (χ3v) is 4.76. The molecule has 1 aliphatic heterocycles. The molecule has 2 aromatic rings. The van der Waals surface area contributed by atoms with Gasteiger partial charge in [0.15, 0.2) is 5.82 Å². The molecule has 0 atom stereocenters. The van der Waals surface area contributed by atoms with Crippen LogP contribution in [-0.2, 0) is 33.7 Å². The Bertz CT molecular complexity index is 729. The number of carbonyl (C=O) groups is 1. The molecule has 3 heterocycles. The zero-order chi connectivity index (χ0) is 19.2. The number of hydrogen-bond acceptors (Lipinski definition) is 8. The average molecular weight is 378 g/mol. The second-order valence-electron chi connectivity index (χ2n) is 6.72. The minimum Gasteiger partial charge on any atom is -0.378 e. The van der Waals surface area contributed by atoms with Crippen LogP contribution in [0, 0.1) is 13.8 Å². The standard InChI is InChI=1S/C18H26N4O5/c1-12-15(13(2)26-20-12)10-18(23)22-7-4-14(5-8-22)25-9-6-16-19-17(11-24-3)27-21-16/h14H,4-11H2,1-3H3. The average Bonchev–Trinajstić information content (AvgIpc) is 3.24. The van der Waals surface area contributed by atoms with Crippen LogP contribution in [0.25, 0.3) is 0 Å². The molecular formula is C18H26N4O5. The van der Waals surface area contributed by atoms with Gasteiger partial charge in [-0.25, -0.2) is 0 Å². The first-order valence-corrected chi connectivity index (χ1v) is 9.18. The number of methoxy groups -OCH3 is 1. The Kier molecular flexibility index (Phi) is 6.57. The monoisotopic (exact) mass is 378 g/mol. The summed E-state index contributed by atoms with van der Waals surface area (Å²) in [4.78, 5) is 18.6. The number of ether oxygens (including phenoxy) is 2. The summed E-state index contributed by atoms with van der Waals surface area (Å²) in [7, 11) is 1.58. The van der Waals surface area contributed by atoms with Crippen molar-refractivity contribution in [3.63, 3.8) is 0 Å². The second kappa shape index (κ2) is 9.09. The summed E-state index contributed by atoms with van der Waals surface area (Å²) in [5.74, 6) is 1.92. The summed E-state index contributed by atoms with van der Waals surface area (Å²) in [6.07, 6.45) is 2.74. The molecule has 2 aromatic heterocycles. The fraction of sp³-hybridized carbons (Fsp3) is 0.667. The van der Waals surface area contributed by atoms with Gasteiger partial charge in [-0.15, -0.1) is 0 Å². The molecule has 0 radical (unpaired) electrons. The molecule has 0 aliphatic carbocycles. The molecule has 3 rings (SSSR count). The highest BCUT2D eigenvalue weighted by atomic mass is 16.5. The van der Waals surface area contributed by atoms with Gasteiger partial charge in [0.2, 0.25) is 5.91 Å². The summed E-state index contributed by atoms with van der Waals surface area (Å²) < 4.78 is 21.0. The highest BCUT2D eigenvalue weighted by Gasteiger charge is 2.25. The van der Waals surface area contributed by atoms with Gasteiger partial charge in [0, 0.05) is 32.2 Å². The molecular weight excluding hydrogens is 352 g/mol. The number of amides is 1. The predicted molar refractivity (Wildman–Crippen MR) is 94.0 cm³/mol. The first-order chi connectivity index (χ1) is 13.1. The molecule has 0 saturated carbocycles. The van der Waals surface area contributed by atoms with E-state index in [1.165, 1.54) is 0 Å². The Balaban J connectivity index is 1.37. The quantitative estimate of drug-likeness (QED) is 0.682. The van der Waals surface area contributed by atoms with Gasteiger partial charge in [-0.1, -0.05) is 10.3 Å². The van der Waals surface area contributed by atoms with Gasteiger partial charge >= 0.3 is 0 Å². The number of carbonyl (C=O) groups excluding carboxylic acids is 1. The van der Waals surface area contributed by atoms with Crippen LogP contribution in [-0.4, -0.2) is 59.0 Å². The minimum absolute atomic E-state index is 0.111. The van der Waals surface area contributed by atoms with Crippen LogP contribution >= 0.6 is 0 Å². The first-order valence-electron chi connectivity index (χ1n) is 9.18. The molecule has 0 N–H and O–H groups in total. The van der Waals surface area contributed by atoms with Crippen LogP contribution in [0.1, 0.15) is 41.6 Å². The molecule has 0 bridgehead atoms. The van der Waals surface area contributed by atoms with E-state index in [2.05, 4.69) is 15.3 Å². The van der Waals surface area contributed by atoms with Crippen LogP contribution in [0.3, 0.4) is 0 Å². The van der Waals surface area contributed by atoms with Gasteiger partial charge in [-0.3, -0.25) is 4.79 Å². The Morgan fingerprint density at radius 2 is 2.00 bits per heavy atom. The van der Waals surface area contributed by atoms with E-state index in [1.54, 1.807) is 7.11 Å². The van der Waals surface area contributed by atoms with E-state index in [1.807, 2.05) is 18.7 Å². The van der Waals surface area contributed by atoms with Crippen molar-refractivity contribution in [1.29, 1.82) is 0 Å². The summed E-state index contributed by atoms with van der Waals surface area (Å²) in [6.45, 7) is 5.95. The number of nitrogens with zero attached hydrogens (tertiary/aromatic N) is 4. The molecule has 1 amide bonds. The molecule has 148 valence electrons. The highest BCUT2D eigenvalue weighted by molar-refractivity contribution is 5.79. The number of aromatic nitrogens is 3. The van der Waals surface area contributed by atoms with Crippen molar-refractivity contribution in [1.82, 2.24) is 20.2 Å². The Hall–Kier alpha value is -2.26. The SMILES string of the molecule is COCc1nc(CCOC2CCN(C(=O)Cc3c(C)noc3C)CC2)no1. The fourth-order valence-electron chi connectivity index (χ4n) is 3.18. The maximum atomic E-state index is 12.5. The topological polar surface area (TPSA) is 104 Å². The van der Waals surface area contributed by atoms with Crippen molar-refractivity contribution in [2.75, 3.05) is 26.8 Å². The van der Waals surface area contributed by atoms with Crippen LogP contribution in [0.2, 0.25) is 0 Å². The number of rotatable bonds is 8. The van der Waals surface area contributed by atoms with E-state index in [9.17, 15) is 4.79 Å². The van der Waals surface area contributed by atoms with Gasteiger partial charge in [-0.2, -0.15) is 4.98 Å². The summed E-state index contributed by atoms with van der Waals surface area (Å²) in [6, 6.07) is 0. The highest BCUT2D eigenvalue weighted by Crippen LogP contribution is 2.18. The zero-order valence-electron chi connectivity index (χ0n) is 16.1. The van der Waals surface area contributed by atoms with Crippen molar-refractivity contribution in [2.45, 2.75) is 52.2 Å². The van der Waals surface area contributed by atoms with E-state index < -0.39 is 0 Å². The maximum absolute atomic E-state index is 12.5. The lowest BCUT2D eigenvalue weighted by Crippen LogP contribution is -2.41. The molecule has 1 fully saturated rings. The van der Waals surface area contributed by atoms with Crippen LogP contribution in [0.5, 0.6) is 0 Å². The van der Waals surface area contributed by atoms with Gasteiger partial charge < -0.3 is 23.4 Å². The number of aryl methyl sites for hydroxylation is 2. The lowest BCUT2D eigenvalue weighted by Gasteiger charge is -2.32. The molecule has 9 nitrogen and oxygen atoms in total. The summed E-state index contributed by atoms with van der Waals surface area (Å²) in [5, 5.41) is 7.80. The Morgan fingerprint density at radius 3 is 2.67 bits per heavy atom. The minimum atomic E-state index is 0.111. The fourth-order valence-corrected chi connectivity index (χ4v) is 3.18. The van der Waals surface area contributed by atoms with E-state index in [-0.39, 0.29) is 12.0 Å². The predicted octanol–water partition coefficient (Wildman–Crippen LogP) is 1.61. The molecule has 0 spiro atoms. The van der Waals surface area contributed by atoms with Crippen molar-refractivity contribution >= 4 is 5.91 Å². The van der Waals surface area contributed by atoms with Crippen LogP contribution < -0.4 is 0 Å². The summed E-state index contributed by atoms with van der Waals surface area (Å²) in [5.41, 5.74) is 1.68. The number of likely N-dealkylation sites (tertiary alicyclic amines) is 1. The lowest BCUT2D eigenvalue weighted by molar-refractivity contribution is -0.133. The summed E-state index contributed by atoms with van der Waals surface area (Å²) >= 11 is 0. The van der Waals surface area contributed by atoms with E-state index in [0.29, 0.717) is 56.6 Å². The van der Waals surface area contributed by atoms with Gasteiger partial charge in [0.05, 0.1) is 24.8 Å². The number of piperidine rings is 1. The third-order valence-electron chi connectivity index (χ3n) is 4.76. The Morgan fingerprint density at radius 1 is 1.22 bits per heavy atom. The number of hydrogen-bond donors (Lipinski definition) is 0. The van der Waals surface area contributed by atoms with Crippen LogP contribution in [0.4, 0.5) is 0 Å². The Labute approximate surface area is 158 Å². The van der Waals surface area contributed by atoms with E-state index in [4.69, 9.17) is 18.5 Å². The molecule has 1 saturated heterocycles. The van der Waals surface area contributed by atoms with Gasteiger partial charge in [0.1, 0.15) is 12.4 Å². The third kappa shape index (κ3) is 5.14. The molecule has 1 aliphatic rings.